The van der Waals surface area contributed by atoms with E-state index in [1.165, 1.54) is 51.4 Å². The fourth-order valence-electron chi connectivity index (χ4n) is 4.63. The van der Waals surface area contributed by atoms with Gasteiger partial charge in [-0.05, 0) is 63.2 Å². The van der Waals surface area contributed by atoms with E-state index in [-0.39, 0.29) is 11.0 Å². The van der Waals surface area contributed by atoms with Gasteiger partial charge in [0.1, 0.15) is 0 Å². The third kappa shape index (κ3) is 2.75. The lowest BCUT2D eigenvalue weighted by atomic mass is 9.64. The minimum atomic E-state index is -0.0929. The van der Waals surface area contributed by atoms with Crippen LogP contribution in [0.1, 0.15) is 84.5 Å². The Bertz CT molecular complexity index is 390. The molecule has 2 heteroatoms. The van der Waals surface area contributed by atoms with E-state index in [9.17, 15) is 5.26 Å². The zero-order valence-corrected chi connectivity index (χ0v) is 13.2. The summed E-state index contributed by atoms with van der Waals surface area (Å²) in [6.07, 6.45) is 13.5. The highest BCUT2D eigenvalue weighted by molar-refractivity contribution is 5.05. The Morgan fingerprint density at radius 3 is 2.25 bits per heavy atom. The number of rotatable bonds is 2. The molecular weight excluding hydrogens is 246 g/mol. The van der Waals surface area contributed by atoms with E-state index in [1.807, 2.05) is 0 Å². The van der Waals surface area contributed by atoms with Crippen LogP contribution in [0.15, 0.2) is 0 Å². The maximum atomic E-state index is 9.72. The summed E-state index contributed by atoms with van der Waals surface area (Å²) in [6, 6.07) is 2.68. The van der Waals surface area contributed by atoms with Gasteiger partial charge < -0.3 is 4.74 Å². The van der Waals surface area contributed by atoms with Gasteiger partial charge in [0, 0.05) is 0 Å². The van der Waals surface area contributed by atoms with E-state index in [0.717, 1.165) is 19.3 Å². The van der Waals surface area contributed by atoms with E-state index in [0.29, 0.717) is 11.5 Å². The average Bonchev–Trinajstić information content (AvgIpc) is 3.04. The number of nitriles is 1. The number of hydrogen-bond donors (Lipinski definition) is 0. The number of nitrogens with zero attached hydrogens (tertiary/aromatic N) is 1. The molecule has 0 amide bonds. The van der Waals surface area contributed by atoms with Crippen molar-refractivity contribution in [1.82, 2.24) is 0 Å². The van der Waals surface area contributed by atoms with Gasteiger partial charge >= 0.3 is 0 Å². The second-order valence-corrected chi connectivity index (χ2v) is 8.43. The Morgan fingerprint density at radius 1 is 1.00 bits per heavy atom. The molecule has 1 spiro atoms. The Kier molecular flexibility index (Phi) is 3.61. The van der Waals surface area contributed by atoms with E-state index in [1.54, 1.807) is 0 Å². The van der Waals surface area contributed by atoms with Crippen LogP contribution in [0.25, 0.3) is 0 Å². The lowest BCUT2D eigenvalue weighted by Gasteiger charge is -2.40. The van der Waals surface area contributed by atoms with Crippen LogP contribution in [-0.4, -0.2) is 11.7 Å². The highest BCUT2D eigenvalue weighted by atomic mass is 16.5. The second kappa shape index (κ2) is 5.02. The zero-order chi connectivity index (χ0) is 14.3. The topological polar surface area (TPSA) is 33.0 Å². The van der Waals surface area contributed by atoms with Crippen molar-refractivity contribution in [2.75, 3.05) is 0 Å². The van der Waals surface area contributed by atoms with Crippen molar-refractivity contribution in [2.45, 2.75) is 96.2 Å². The summed E-state index contributed by atoms with van der Waals surface area (Å²) in [5, 5.41) is 9.72. The molecule has 3 aliphatic rings. The van der Waals surface area contributed by atoms with Crippen LogP contribution in [0.2, 0.25) is 0 Å². The summed E-state index contributed by atoms with van der Waals surface area (Å²) in [5.41, 5.74) is 0.559. The van der Waals surface area contributed by atoms with Crippen LogP contribution in [0.3, 0.4) is 0 Å². The molecule has 2 nitrogen and oxygen atoms in total. The van der Waals surface area contributed by atoms with Crippen molar-refractivity contribution in [3.05, 3.63) is 0 Å². The zero-order valence-electron chi connectivity index (χ0n) is 13.2. The fourth-order valence-corrected chi connectivity index (χ4v) is 4.63. The van der Waals surface area contributed by atoms with Gasteiger partial charge in [-0.2, -0.15) is 5.26 Å². The maximum Gasteiger partial charge on any atom is 0.0690 e. The van der Waals surface area contributed by atoms with E-state index < -0.39 is 0 Å². The summed E-state index contributed by atoms with van der Waals surface area (Å²) >= 11 is 0. The standard InChI is InChI=1S/C18H29NO/c1-16(2)9-11-17(14-19,12-10-16)13-15-5-8-18(20-15)6-3-4-7-18/h15H,3-13H2,1-2H3. The van der Waals surface area contributed by atoms with Gasteiger partial charge in [0.05, 0.1) is 23.2 Å². The Labute approximate surface area is 123 Å². The molecule has 0 bridgehead atoms. The molecule has 2 saturated carbocycles. The Hall–Kier alpha value is -0.550. The van der Waals surface area contributed by atoms with Crippen molar-refractivity contribution in [1.29, 1.82) is 5.26 Å². The van der Waals surface area contributed by atoms with Crippen LogP contribution in [0.5, 0.6) is 0 Å². The lowest BCUT2D eigenvalue weighted by molar-refractivity contribution is -0.0541. The Morgan fingerprint density at radius 2 is 1.65 bits per heavy atom. The third-order valence-corrected chi connectivity index (χ3v) is 6.27. The highest BCUT2D eigenvalue weighted by Crippen LogP contribution is 2.51. The normalized spacial score (nSPS) is 34.1. The van der Waals surface area contributed by atoms with E-state index >= 15 is 0 Å². The van der Waals surface area contributed by atoms with Crippen LogP contribution in [0.4, 0.5) is 0 Å². The van der Waals surface area contributed by atoms with Gasteiger partial charge in [0.25, 0.3) is 0 Å². The molecule has 20 heavy (non-hydrogen) atoms. The van der Waals surface area contributed by atoms with Crippen molar-refractivity contribution in [2.24, 2.45) is 10.8 Å². The molecule has 0 aromatic carbocycles. The van der Waals surface area contributed by atoms with Gasteiger partial charge in [-0.1, -0.05) is 26.7 Å². The van der Waals surface area contributed by atoms with Gasteiger partial charge in [0.15, 0.2) is 0 Å². The summed E-state index contributed by atoms with van der Waals surface area (Å²) < 4.78 is 6.44. The minimum absolute atomic E-state index is 0.0929. The van der Waals surface area contributed by atoms with Crippen LogP contribution in [-0.2, 0) is 4.74 Å². The van der Waals surface area contributed by atoms with Gasteiger partial charge in [-0.15, -0.1) is 0 Å². The van der Waals surface area contributed by atoms with Crippen LogP contribution < -0.4 is 0 Å². The van der Waals surface area contributed by atoms with Crippen molar-refractivity contribution in [3.63, 3.8) is 0 Å². The third-order valence-electron chi connectivity index (χ3n) is 6.27. The largest absolute Gasteiger partial charge is 0.372 e. The van der Waals surface area contributed by atoms with Crippen LogP contribution in [0, 0.1) is 22.2 Å². The first-order chi connectivity index (χ1) is 9.47. The van der Waals surface area contributed by atoms with Gasteiger partial charge in [0.2, 0.25) is 0 Å². The van der Waals surface area contributed by atoms with E-state index in [4.69, 9.17) is 4.74 Å². The van der Waals surface area contributed by atoms with Crippen molar-refractivity contribution >= 4 is 0 Å². The van der Waals surface area contributed by atoms with Crippen molar-refractivity contribution in [3.8, 4) is 6.07 Å². The van der Waals surface area contributed by atoms with Crippen LogP contribution >= 0.6 is 0 Å². The highest BCUT2D eigenvalue weighted by Gasteiger charge is 2.46. The minimum Gasteiger partial charge on any atom is -0.372 e. The molecule has 0 aromatic heterocycles. The first kappa shape index (κ1) is 14.4. The summed E-state index contributed by atoms with van der Waals surface area (Å²) in [6.45, 7) is 4.68. The molecule has 1 saturated heterocycles. The molecule has 0 radical (unpaired) electrons. The molecule has 0 N–H and O–H groups in total. The fraction of sp³-hybridized carbons (Fsp3) is 0.944. The monoisotopic (exact) mass is 275 g/mol. The lowest BCUT2D eigenvalue weighted by Crippen LogP contribution is -2.34. The van der Waals surface area contributed by atoms with E-state index in [2.05, 4.69) is 19.9 Å². The number of ether oxygens (including phenoxy) is 1. The second-order valence-electron chi connectivity index (χ2n) is 8.43. The molecule has 3 fully saturated rings. The maximum absolute atomic E-state index is 9.72. The first-order valence-electron chi connectivity index (χ1n) is 8.56. The molecule has 1 heterocycles. The average molecular weight is 275 g/mol. The summed E-state index contributed by atoms with van der Waals surface area (Å²) in [7, 11) is 0. The quantitative estimate of drug-likeness (QED) is 0.712. The number of hydrogen-bond acceptors (Lipinski definition) is 2. The SMILES string of the molecule is CC1(C)CCC(C#N)(CC2CCC3(CCCC3)O2)CC1. The Balaban J connectivity index is 1.61. The molecule has 1 atom stereocenters. The molecule has 0 aromatic rings. The summed E-state index contributed by atoms with van der Waals surface area (Å²) in [5.74, 6) is 0. The molecular formula is C18H29NO. The van der Waals surface area contributed by atoms with Gasteiger partial charge in [-0.25, -0.2) is 0 Å². The molecule has 3 rings (SSSR count). The molecule has 112 valence electrons. The van der Waals surface area contributed by atoms with Crippen molar-refractivity contribution < 1.29 is 4.74 Å². The molecule has 1 aliphatic heterocycles. The molecule has 2 aliphatic carbocycles. The first-order valence-corrected chi connectivity index (χ1v) is 8.56. The smallest absolute Gasteiger partial charge is 0.0690 e. The predicted octanol–water partition coefficient (Wildman–Crippen LogP) is 4.98. The summed E-state index contributed by atoms with van der Waals surface area (Å²) in [4.78, 5) is 0. The van der Waals surface area contributed by atoms with Gasteiger partial charge in [-0.3, -0.25) is 0 Å². The molecule has 1 unspecified atom stereocenters. The predicted molar refractivity (Wildman–Crippen MR) is 80.2 cm³/mol.